The summed E-state index contributed by atoms with van der Waals surface area (Å²) in [5, 5.41) is 9.09. The lowest BCUT2D eigenvalue weighted by atomic mass is 10.3. The molecule has 0 radical (unpaired) electrons. The first-order valence-electron chi connectivity index (χ1n) is 2.99. The summed E-state index contributed by atoms with van der Waals surface area (Å²) in [4.78, 5) is 0.123. The number of hydrogen-bond acceptors (Lipinski definition) is 1. The largest absolute Gasteiger partial charge is 0.386 e. The number of aliphatic hydroxyl groups excluding tert-OH is 1. The van der Waals surface area contributed by atoms with E-state index in [1.807, 2.05) is 21.1 Å². The number of nitrogens with zero attached hydrogens (tertiary/aromatic N) is 1. The van der Waals surface area contributed by atoms with Gasteiger partial charge in [0, 0.05) is 0 Å². The van der Waals surface area contributed by atoms with Crippen molar-refractivity contribution in [3.63, 3.8) is 0 Å². The van der Waals surface area contributed by atoms with E-state index < -0.39 is 0 Å². The van der Waals surface area contributed by atoms with Crippen LogP contribution >= 0.6 is 15.9 Å². The summed E-state index contributed by atoms with van der Waals surface area (Å²) in [6.07, 6.45) is -0.301. The minimum atomic E-state index is -0.301. The number of hydrogen-bond donors (Lipinski definition) is 1. The maximum absolute atomic E-state index is 9.09. The predicted molar refractivity (Wildman–Crippen MR) is 42.4 cm³/mol. The quantitative estimate of drug-likeness (QED) is 0.394. The molecule has 0 aliphatic carbocycles. The highest BCUT2D eigenvalue weighted by Gasteiger charge is 2.24. The number of halogens is 1. The SMILES string of the molecule is C[C@H](O)C(Br)[N+](C)(C)C. The Bertz CT molecular complexity index is 87.5. The van der Waals surface area contributed by atoms with Crippen LogP contribution in [0.25, 0.3) is 0 Å². The van der Waals surface area contributed by atoms with E-state index in [4.69, 9.17) is 5.11 Å². The van der Waals surface area contributed by atoms with Gasteiger partial charge in [0.2, 0.25) is 0 Å². The number of rotatable bonds is 2. The molecule has 0 heterocycles. The fourth-order valence-corrected chi connectivity index (χ4v) is 0.647. The Hall–Kier alpha value is 0.400. The summed E-state index contributed by atoms with van der Waals surface area (Å²) in [5.41, 5.74) is 0. The van der Waals surface area contributed by atoms with Gasteiger partial charge in [0.15, 0.2) is 4.95 Å². The first-order chi connectivity index (χ1) is 3.85. The van der Waals surface area contributed by atoms with Crippen molar-refractivity contribution in [3.8, 4) is 0 Å². The van der Waals surface area contributed by atoms with Crippen LogP contribution in [0.2, 0.25) is 0 Å². The second kappa shape index (κ2) is 2.99. The topological polar surface area (TPSA) is 20.2 Å². The maximum Gasteiger partial charge on any atom is 0.169 e. The molecular weight excluding hydrogens is 182 g/mol. The van der Waals surface area contributed by atoms with Gasteiger partial charge < -0.3 is 9.59 Å². The fourth-order valence-electron chi connectivity index (χ4n) is 0.647. The van der Waals surface area contributed by atoms with Gasteiger partial charge in [-0.1, -0.05) is 0 Å². The van der Waals surface area contributed by atoms with Gasteiger partial charge in [-0.2, -0.15) is 0 Å². The van der Waals surface area contributed by atoms with Crippen molar-refractivity contribution >= 4 is 15.9 Å². The Morgan fingerprint density at radius 1 is 1.33 bits per heavy atom. The average molecular weight is 197 g/mol. The van der Waals surface area contributed by atoms with Crippen molar-refractivity contribution in [2.75, 3.05) is 21.1 Å². The van der Waals surface area contributed by atoms with Gasteiger partial charge in [-0.05, 0) is 22.9 Å². The molecule has 0 aliphatic heterocycles. The number of quaternary nitrogens is 1. The zero-order valence-electron chi connectivity index (χ0n) is 6.43. The van der Waals surface area contributed by atoms with Crippen LogP contribution < -0.4 is 0 Å². The maximum atomic E-state index is 9.09. The van der Waals surface area contributed by atoms with Crippen LogP contribution in [-0.2, 0) is 0 Å². The van der Waals surface area contributed by atoms with Gasteiger partial charge in [-0.15, -0.1) is 0 Å². The molecule has 0 bridgehead atoms. The lowest BCUT2D eigenvalue weighted by Gasteiger charge is -2.31. The highest BCUT2D eigenvalue weighted by Crippen LogP contribution is 2.13. The normalized spacial score (nSPS) is 19.3. The molecule has 0 saturated heterocycles. The third-order valence-electron chi connectivity index (χ3n) is 1.14. The van der Waals surface area contributed by atoms with Gasteiger partial charge in [0.1, 0.15) is 6.10 Å². The average Bonchev–Trinajstić information content (AvgIpc) is 1.62. The summed E-state index contributed by atoms with van der Waals surface area (Å²) in [7, 11) is 6.10. The Labute approximate surface area is 65.2 Å². The van der Waals surface area contributed by atoms with Crippen molar-refractivity contribution in [1.82, 2.24) is 0 Å². The monoisotopic (exact) mass is 196 g/mol. The third-order valence-corrected chi connectivity index (χ3v) is 3.13. The zero-order valence-corrected chi connectivity index (χ0v) is 8.01. The van der Waals surface area contributed by atoms with Crippen LogP contribution in [0.1, 0.15) is 6.92 Å². The zero-order chi connectivity index (χ0) is 7.65. The first-order valence-corrected chi connectivity index (χ1v) is 3.90. The van der Waals surface area contributed by atoms with E-state index >= 15 is 0 Å². The summed E-state index contributed by atoms with van der Waals surface area (Å²) in [5.74, 6) is 0. The van der Waals surface area contributed by atoms with Gasteiger partial charge in [-0.3, -0.25) is 0 Å². The van der Waals surface area contributed by atoms with Crippen LogP contribution in [-0.4, -0.2) is 41.8 Å². The van der Waals surface area contributed by atoms with Crippen LogP contribution in [0.15, 0.2) is 0 Å². The van der Waals surface area contributed by atoms with E-state index in [0.717, 1.165) is 4.48 Å². The third kappa shape index (κ3) is 3.18. The van der Waals surface area contributed by atoms with Crippen molar-refractivity contribution in [1.29, 1.82) is 0 Å². The molecule has 3 heteroatoms. The lowest BCUT2D eigenvalue weighted by Crippen LogP contribution is -2.46. The number of aliphatic hydroxyl groups is 1. The van der Waals surface area contributed by atoms with Gasteiger partial charge in [0.05, 0.1) is 21.1 Å². The highest BCUT2D eigenvalue weighted by molar-refractivity contribution is 9.09. The molecule has 2 nitrogen and oxygen atoms in total. The molecule has 56 valence electrons. The molecule has 1 unspecified atom stereocenters. The Kier molecular flexibility index (Phi) is 3.12. The van der Waals surface area contributed by atoms with Gasteiger partial charge >= 0.3 is 0 Å². The summed E-state index contributed by atoms with van der Waals surface area (Å²) < 4.78 is 0.734. The Balaban J connectivity index is 3.88. The summed E-state index contributed by atoms with van der Waals surface area (Å²) in [6, 6.07) is 0. The predicted octanol–water partition coefficient (Wildman–Crippen LogP) is 0.794. The molecule has 0 fully saturated rings. The fraction of sp³-hybridized carbons (Fsp3) is 1.00. The molecule has 0 aromatic heterocycles. The number of alkyl halides is 1. The Morgan fingerprint density at radius 3 is 1.67 bits per heavy atom. The lowest BCUT2D eigenvalue weighted by molar-refractivity contribution is -0.882. The molecular formula is C6H15BrNO+. The van der Waals surface area contributed by atoms with Crippen LogP contribution in [0, 0.1) is 0 Å². The molecule has 9 heavy (non-hydrogen) atoms. The molecule has 0 aromatic carbocycles. The van der Waals surface area contributed by atoms with Gasteiger partial charge in [-0.25, -0.2) is 0 Å². The summed E-state index contributed by atoms with van der Waals surface area (Å²) in [6.45, 7) is 1.78. The first kappa shape index (κ1) is 9.40. The van der Waals surface area contributed by atoms with E-state index in [1.165, 1.54) is 0 Å². The van der Waals surface area contributed by atoms with Crippen molar-refractivity contribution in [2.24, 2.45) is 0 Å². The van der Waals surface area contributed by atoms with E-state index in [-0.39, 0.29) is 11.1 Å². The van der Waals surface area contributed by atoms with Crippen molar-refractivity contribution < 1.29 is 9.59 Å². The Morgan fingerprint density at radius 2 is 1.67 bits per heavy atom. The van der Waals surface area contributed by atoms with E-state index in [9.17, 15) is 0 Å². The molecule has 0 aliphatic rings. The molecule has 0 saturated carbocycles. The number of likely N-dealkylation sites (N-methyl/N-ethyl adjacent to an activating group) is 1. The standard InChI is InChI=1S/C6H15BrNO/c1-5(9)6(7)8(2,3)4/h5-6,9H,1-4H3/q+1/t5-,6?/m0/s1. The molecule has 2 atom stereocenters. The second-order valence-electron chi connectivity index (χ2n) is 3.23. The molecule has 0 aromatic rings. The minimum absolute atomic E-state index is 0.123. The van der Waals surface area contributed by atoms with E-state index in [2.05, 4.69) is 15.9 Å². The highest BCUT2D eigenvalue weighted by atomic mass is 79.9. The summed E-state index contributed by atoms with van der Waals surface area (Å²) >= 11 is 3.38. The minimum Gasteiger partial charge on any atom is -0.386 e. The van der Waals surface area contributed by atoms with Crippen molar-refractivity contribution in [2.45, 2.75) is 18.0 Å². The van der Waals surface area contributed by atoms with Crippen LogP contribution in [0.4, 0.5) is 0 Å². The van der Waals surface area contributed by atoms with E-state index in [0.29, 0.717) is 0 Å². The van der Waals surface area contributed by atoms with Crippen LogP contribution in [0.3, 0.4) is 0 Å². The van der Waals surface area contributed by atoms with Gasteiger partial charge in [0.25, 0.3) is 0 Å². The van der Waals surface area contributed by atoms with Crippen LogP contribution in [0.5, 0.6) is 0 Å². The molecule has 1 N–H and O–H groups in total. The second-order valence-corrected chi connectivity index (χ2v) is 4.17. The molecule has 0 spiro atoms. The molecule has 0 rings (SSSR count). The van der Waals surface area contributed by atoms with E-state index in [1.54, 1.807) is 6.92 Å². The smallest absolute Gasteiger partial charge is 0.169 e. The molecule has 0 amide bonds. The van der Waals surface area contributed by atoms with Crippen molar-refractivity contribution in [3.05, 3.63) is 0 Å².